The Hall–Kier alpha value is -3.72. The molecule has 3 saturated heterocycles. The Morgan fingerprint density at radius 1 is 1.12 bits per heavy atom. The number of aromatic nitrogens is 4. The van der Waals surface area contributed by atoms with Crippen LogP contribution in [0.15, 0.2) is 46.7 Å². The van der Waals surface area contributed by atoms with Crippen molar-refractivity contribution in [3.8, 4) is 0 Å². The third kappa shape index (κ3) is 6.05. The van der Waals surface area contributed by atoms with E-state index in [0.717, 1.165) is 42.3 Å². The van der Waals surface area contributed by atoms with Crippen LogP contribution in [-0.4, -0.2) is 70.3 Å². The van der Waals surface area contributed by atoms with Crippen LogP contribution in [0.4, 0.5) is 27.9 Å². The molecule has 0 bridgehead atoms. The zero-order valence-electron chi connectivity index (χ0n) is 23.6. The molecule has 43 heavy (non-hydrogen) atoms. The number of nitrogen functional groups attached to an aromatic ring is 2. The first-order chi connectivity index (χ1) is 20.7. The molecule has 13 nitrogen and oxygen atoms in total. The first-order valence-electron chi connectivity index (χ1n) is 14.1. The van der Waals surface area contributed by atoms with Crippen LogP contribution >= 0.6 is 23.4 Å². The molecule has 15 heteroatoms. The quantitative estimate of drug-likeness (QED) is 0.303. The van der Waals surface area contributed by atoms with Gasteiger partial charge in [0.15, 0.2) is 5.82 Å². The fraction of sp³-hybridized carbons (Fsp3) is 0.429. The number of anilines is 4. The molecule has 6 heterocycles. The highest BCUT2D eigenvalue weighted by Gasteiger charge is 2.49. The first-order valence-corrected chi connectivity index (χ1v) is 15.3. The smallest absolute Gasteiger partial charge is 0.328 e. The van der Waals surface area contributed by atoms with Crippen LogP contribution in [0.2, 0.25) is 5.02 Å². The van der Waals surface area contributed by atoms with E-state index in [9.17, 15) is 9.59 Å². The average molecular weight is 625 g/mol. The van der Waals surface area contributed by atoms with Crippen LogP contribution in [-0.2, 0) is 16.1 Å². The van der Waals surface area contributed by atoms with Crippen molar-refractivity contribution in [2.75, 3.05) is 47.5 Å². The first kappa shape index (κ1) is 29.4. The van der Waals surface area contributed by atoms with Gasteiger partial charge in [-0.1, -0.05) is 23.4 Å². The van der Waals surface area contributed by atoms with Gasteiger partial charge in [-0.05, 0) is 38.0 Å². The van der Waals surface area contributed by atoms with Crippen LogP contribution in [0, 0.1) is 5.41 Å². The number of ether oxygens (including phenoxy) is 1. The van der Waals surface area contributed by atoms with Gasteiger partial charge in [0, 0.05) is 55.1 Å². The molecular formula is C28H33ClN10O3S. The number of carbonyl (C=O) groups excluding carboxylic acids is 2. The van der Waals surface area contributed by atoms with E-state index in [1.54, 1.807) is 24.7 Å². The highest BCUT2D eigenvalue weighted by Crippen LogP contribution is 2.43. The minimum absolute atomic E-state index is 0.0128. The van der Waals surface area contributed by atoms with Gasteiger partial charge < -0.3 is 26.4 Å². The van der Waals surface area contributed by atoms with Crippen LogP contribution in [0.5, 0.6) is 0 Å². The number of pyridine rings is 2. The number of rotatable bonds is 7. The predicted octanol–water partition coefficient (Wildman–Crippen LogP) is 2.85. The second-order valence-electron chi connectivity index (χ2n) is 11.0. The van der Waals surface area contributed by atoms with Gasteiger partial charge in [-0.25, -0.2) is 19.7 Å². The van der Waals surface area contributed by atoms with E-state index in [1.165, 1.54) is 16.7 Å². The number of halogens is 1. The number of imide groups is 1. The fourth-order valence-electron chi connectivity index (χ4n) is 5.94. The van der Waals surface area contributed by atoms with E-state index >= 15 is 0 Å². The largest absolute Gasteiger partial charge is 0.382 e. The zero-order chi connectivity index (χ0) is 30.1. The normalized spacial score (nSPS) is 21.8. The monoisotopic (exact) mass is 624 g/mol. The van der Waals surface area contributed by atoms with Crippen LogP contribution in [0.1, 0.15) is 31.9 Å². The number of carbonyl (C=O) groups is 2. The predicted molar refractivity (Wildman–Crippen MR) is 164 cm³/mol. The molecule has 3 fully saturated rings. The molecule has 3 aromatic heterocycles. The minimum atomic E-state index is -0.418. The van der Waals surface area contributed by atoms with Gasteiger partial charge in [0.25, 0.3) is 0 Å². The van der Waals surface area contributed by atoms with E-state index in [4.69, 9.17) is 27.8 Å². The summed E-state index contributed by atoms with van der Waals surface area (Å²) in [5.41, 5.74) is 13.6. The van der Waals surface area contributed by atoms with Gasteiger partial charge in [0.1, 0.15) is 16.7 Å². The molecule has 0 unspecified atom stereocenters. The molecule has 0 radical (unpaired) electrons. The van der Waals surface area contributed by atoms with Gasteiger partial charge in [0.2, 0.25) is 5.91 Å². The maximum Gasteiger partial charge on any atom is 0.328 e. The Kier molecular flexibility index (Phi) is 8.27. The second kappa shape index (κ2) is 12.1. The lowest BCUT2D eigenvalue weighted by Gasteiger charge is -2.43. The summed E-state index contributed by atoms with van der Waals surface area (Å²) >= 11 is 7.59. The van der Waals surface area contributed by atoms with Crippen molar-refractivity contribution >= 4 is 58.4 Å². The molecule has 3 amide bonds. The number of amides is 3. The van der Waals surface area contributed by atoms with Crippen LogP contribution in [0.25, 0.3) is 0 Å². The molecule has 0 aromatic carbocycles. The minimum Gasteiger partial charge on any atom is -0.382 e. The summed E-state index contributed by atoms with van der Waals surface area (Å²) in [5.74, 6) is 1.07. The summed E-state index contributed by atoms with van der Waals surface area (Å²) in [5, 5.41) is 6.97. The lowest BCUT2D eigenvalue weighted by molar-refractivity contribution is -0.120. The Bertz CT molecular complexity index is 1520. The van der Waals surface area contributed by atoms with Crippen molar-refractivity contribution in [1.29, 1.82) is 0 Å². The van der Waals surface area contributed by atoms with E-state index in [2.05, 4.69) is 42.4 Å². The van der Waals surface area contributed by atoms with Crippen LogP contribution in [0.3, 0.4) is 0 Å². The average Bonchev–Trinajstić information content (AvgIpc) is 3.30. The van der Waals surface area contributed by atoms with E-state index < -0.39 is 6.03 Å². The summed E-state index contributed by atoms with van der Waals surface area (Å²) in [6.07, 6.45) is 7.20. The lowest BCUT2D eigenvalue weighted by atomic mass is 9.73. The van der Waals surface area contributed by atoms with E-state index in [-0.39, 0.29) is 35.7 Å². The number of hydrogen-bond donors (Lipinski definition) is 4. The van der Waals surface area contributed by atoms with Gasteiger partial charge in [-0.15, -0.1) is 0 Å². The number of nitrogens with zero attached hydrogens (tertiary/aromatic N) is 6. The summed E-state index contributed by atoms with van der Waals surface area (Å²) in [6, 6.07) is 5.27. The van der Waals surface area contributed by atoms with Gasteiger partial charge in [-0.2, -0.15) is 0 Å². The number of piperidine rings is 1. The number of urea groups is 1. The molecule has 2 atom stereocenters. The maximum atomic E-state index is 12.1. The highest BCUT2D eigenvalue weighted by atomic mass is 35.5. The van der Waals surface area contributed by atoms with Crippen molar-refractivity contribution in [3.63, 3.8) is 0 Å². The topological polar surface area (TPSA) is 178 Å². The Labute approximate surface area is 258 Å². The molecule has 6 N–H and O–H groups in total. The summed E-state index contributed by atoms with van der Waals surface area (Å²) < 4.78 is 6.16. The van der Waals surface area contributed by atoms with Crippen molar-refractivity contribution in [3.05, 3.63) is 47.5 Å². The number of nitrogens with two attached hydrogens (primary N) is 2. The van der Waals surface area contributed by atoms with E-state index in [1.807, 2.05) is 12.1 Å². The molecule has 0 saturated carbocycles. The van der Waals surface area contributed by atoms with E-state index in [0.29, 0.717) is 41.3 Å². The van der Waals surface area contributed by atoms with Gasteiger partial charge >= 0.3 is 6.03 Å². The molecule has 1 spiro atoms. The lowest BCUT2D eigenvalue weighted by Crippen LogP contribution is -2.52. The summed E-state index contributed by atoms with van der Waals surface area (Å²) in [7, 11) is 0. The molecule has 3 aliphatic heterocycles. The zero-order valence-corrected chi connectivity index (χ0v) is 25.2. The third-order valence-corrected chi connectivity index (χ3v) is 9.94. The molecule has 0 aliphatic carbocycles. The SMILES string of the molecule is C[C@@H]1OCC2(CCN(c3cnc(Sc4ccnc(N)c4Cl)c(N)n3)CC2)[C@@H]1NCc1ccc(N2CCC(=O)NC2=O)cn1. The Morgan fingerprint density at radius 3 is 2.65 bits per heavy atom. The maximum absolute atomic E-state index is 12.1. The Morgan fingerprint density at radius 2 is 1.93 bits per heavy atom. The Balaban J connectivity index is 1.06. The number of hydrogen-bond acceptors (Lipinski definition) is 12. The summed E-state index contributed by atoms with van der Waals surface area (Å²) in [6.45, 7) is 5.32. The van der Waals surface area contributed by atoms with Crippen molar-refractivity contribution in [2.24, 2.45) is 5.41 Å². The summed E-state index contributed by atoms with van der Waals surface area (Å²) in [4.78, 5) is 45.8. The van der Waals surface area contributed by atoms with Crippen molar-refractivity contribution < 1.29 is 14.3 Å². The number of nitrogens with one attached hydrogen (secondary N) is 2. The standard InChI is InChI=1S/C28H33ClN10O3S/c1-16-23(34-12-17-2-3-18(13-33-17)39-9-5-21(40)37-27(39)41)28(15-42-16)6-10-38(11-7-28)20-14-35-26(25(31)36-20)43-19-4-8-32-24(30)22(19)29/h2-4,8,13-14,16,23,34H,5-7,9-12,15H2,1H3,(H2,30,32)(H2,31,36)(H,37,40,41)/t16-,23+/m0/s1. The molecule has 6 rings (SSSR count). The molecular weight excluding hydrogens is 592 g/mol. The van der Waals surface area contributed by atoms with Gasteiger partial charge in [-0.3, -0.25) is 20.0 Å². The second-order valence-corrected chi connectivity index (χ2v) is 12.4. The van der Waals surface area contributed by atoms with Crippen molar-refractivity contribution in [1.82, 2.24) is 30.6 Å². The third-order valence-electron chi connectivity index (χ3n) is 8.36. The van der Waals surface area contributed by atoms with Gasteiger partial charge in [0.05, 0.1) is 41.5 Å². The fourth-order valence-corrected chi connectivity index (χ4v) is 6.96. The molecule has 3 aromatic rings. The van der Waals surface area contributed by atoms with Crippen LogP contribution < -0.4 is 31.9 Å². The van der Waals surface area contributed by atoms with Crippen molar-refractivity contribution in [2.45, 2.75) is 54.8 Å². The molecule has 3 aliphatic rings. The highest BCUT2D eigenvalue weighted by molar-refractivity contribution is 7.99. The molecule has 226 valence electrons.